The highest BCUT2D eigenvalue weighted by molar-refractivity contribution is 6.00. The van der Waals surface area contributed by atoms with E-state index in [0.717, 1.165) is 5.56 Å². The van der Waals surface area contributed by atoms with Crippen LogP contribution in [-0.4, -0.2) is 32.8 Å². The molecule has 0 bridgehead atoms. The number of carbonyl (C=O) groups is 1. The number of anilines is 4. The molecule has 4 N–H and O–H groups in total. The molecule has 8 nitrogen and oxygen atoms in total. The van der Waals surface area contributed by atoms with Crippen molar-refractivity contribution in [3.05, 3.63) is 59.2 Å². The van der Waals surface area contributed by atoms with Gasteiger partial charge >= 0.3 is 0 Å². The van der Waals surface area contributed by atoms with Crippen LogP contribution in [0.15, 0.2) is 36.5 Å². The largest absolute Gasteiger partial charge is 0.390 e. The maximum atomic E-state index is 14.4. The number of aliphatic hydroxyl groups excluding tert-OH is 1. The van der Waals surface area contributed by atoms with Gasteiger partial charge in [-0.1, -0.05) is 6.07 Å². The van der Waals surface area contributed by atoms with E-state index in [1.165, 1.54) is 19.2 Å². The molecule has 0 atom stereocenters. The maximum absolute atomic E-state index is 14.4. The van der Waals surface area contributed by atoms with Crippen molar-refractivity contribution >= 4 is 28.9 Å². The number of aliphatic hydroxyl groups is 1. The molecular formula is C20H23FN6O2. The van der Waals surface area contributed by atoms with Crippen molar-refractivity contribution in [1.82, 2.24) is 20.1 Å². The summed E-state index contributed by atoms with van der Waals surface area (Å²) < 4.78 is 16.2. The van der Waals surface area contributed by atoms with E-state index in [0.29, 0.717) is 29.6 Å². The monoisotopic (exact) mass is 398 g/mol. The third-order valence-corrected chi connectivity index (χ3v) is 4.40. The zero-order valence-electron chi connectivity index (χ0n) is 16.5. The van der Waals surface area contributed by atoms with E-state index in [-0.39, 0.29) is 23.8 Å². The van der Waals surface area contributed by atoms with Gasteiger partial charge in [0.05, 0.1) is 23.6 Å². The van der Waals surface area contributed by atoms with Crippen LogP contribution in [0.25, 0.3) is 0 Å². The molecular weight excluding hydrogens is 375 g/mol. The highest BCUT2D eigenvalue weighted by atomic mass is 19.1. The summed E-state index contributed by atoms with van der Waals surface area (Å²) in [5, 5.41) is 22.3. The van der Waals surface area contributed by atoms with Gasteiger partial charge in [-0.15, -0.1) is 0 Å². The molecule has 0 saturated carbocycles. The zero-order chi connectivity index (χ0) is 21.0. The SMILES string of the molecule is CCn1nc(CO)cc1Nc1cc(Nc2c(F)cccc2C(=O)NC)c(C)cn1. The number of hydrogen-bond donors (Lipinski definition) is 4. The summed E-state index contributed by atoms with van der Waals surface area (Å²) >= 11 is 0. The van der Waals surface area contributed by atoms with Crippen LogP contribution in [0.4, 0.5) is 27.4 Å². The van der Waals surface area contributed by atoms with Crippen molar-refractivity contribution < 1.29 is 14.3 Å². The molecule has 1 aromatic carbocycles. The Morgan fingerprint density at radius 1 is 1.28 bits per heavy atom. The van der Waals surface area contributed by atoms with Crippen molar-refractivity contribution in [1.29, 1.82) is 0 Å². The number of rotatable bonds is 7. The molecule has 29 heavy (non-hydrogen) atoms. The lowest BCUT2D eigenvalue weighted by Gasteiger charge is -2.15. The molecule has 3 rings (SSSR count). The van der Waals surface area contributed by atoms with Crippen LogP contribution >= 0.6 is 0 Å². The number of hydrogen-bond acceptors (Lipinski definition) is 6. The number of nitrogens with one attached hydrogen (secondary N) is 3. The van der Waals surface area contributed by atoms with Gasteiger partial charge in [0.2, 0.25) is 0 Å². The second kappa shape index (κ2) is 8.70. The molecule has 0 aliphatic rings. The first-order valence-corrected chi connectivity index (χ1v) is 9.15. The van der Waals surface area contributed by atoms with Crippen LogP contribution < -0.4 is 16.0 Å². The molecule has 0 fully saturated rings. The molecule has 0 radical (unpaired) electrons. The van der Waals surface area contributed by atoms with E-state index < -0.39 is 5.82 Å². The average molecular weight is 398 g/mol. The summed E-state index contributed by atoms with van der Waals surface area (Å²) in [6.07, 6.45) is 1.64. The normalized spacial score (nSPS) is 10.7. The van der Waals surface area contributed by atoms with E-state index in [1.807, 2.05) is 13.8 Å². The molecule has 0 unspecified atom stereocenters. The minimum absolute atomic E-state index is 0.0910. The van der Waals surface area contributed by atoms with Gasteiger partial charge in [-0.2, -0.15) is 5.10 Å². The fourth-order valence-corrected chi connectivity index (χ4v) is 2.86. The van der Waals surface area contributed by atoms with Gasteiger partial charge in [-0.25, -0.2) is 14.1 Å². The standard InChI is InChI=1S/C20H23FN6O2/c1-4-27-18(8-13(11-28)26-27)25-17-9-16(12(2)10-23-17)24-19-14(20(29)22-3)6-5-7-15(19)21/h5-10,28H,4,11H2,1-3H3,(H,22,29)(H2,23,24,25). The molecule has 1 amide bonds. The molecule has 0 aliphatic heterocycles. The fourth-order valence-electron chi connectivity index (χ4n) is 2.86. The summed E-state index contributed by atoms with van der Waals surface area (Å²) in [5.74, 6) is 0.264. The summed E-state index contributed by atoms with van der Waals surface area (Å²) in [6, 6.07) is 7.79. The van der Waals surface area contributed by atoms with Gasteiger partial charge in [-0.05, 0) is 31.5 Å². The van der Waals surface area contributed by atoms with Gasteiger partial charge in [0.25, 0.3) is 5.91 Å². The van der Waals surface area contributed by atoms with Crippen LogP contribution in [0.1, 0.15) is 28.5 Å². The molecule has 2 heterocycles. The highest BCUT2D eigenvalue weighted by Gasteiger charge is 2.16. The van der Waals surface area contributed by atoms with Crippen LogP contribution in [-0.2, 0) is 13.2 Å². The summed E-state index contributed by atoms with van der Waals surface area (Å²) in [4.78, 5) is 16.5. The Labute approximate surface area is 167 Å². The first-order valence-electron chi connectivity index (χ1n) is 9.15. The Morgan fingerprint density at radius 2 is 2.07 bits per heavy atom. The summed E-state index contributed by atoms with van der Waals surface area (Å²) in [5.41, 5.74) is 2.22. The van der Waals surface area contributed by atoms with Crippen molar-refractivity contribution in [2.75, 3.05) is 17.7 Å². The molecule has 0 aliphatic carbocycles. The first-order chi connectivity index (χ1) is 14.0. The van der Waals surface area contributed by atoms with Crippen LogP contribution in [0, 0.1) is 12.7 Å². The Hall–Kier alpha value is -3.46. The minimum atomic E-state index is -0.534. The number of halogens is 1. The van der Waals surface area contributed by atoms with Gasteiger partial charge < -0.3 is 21.1 Å². The number of aryl methyl sites for hydroxylation is 2. The Balaban J connectivity index is 1.93. The lowest BCUT2D eigenvalue weighted by Crippen LogP contribution is -2.19. The summed E-state index contributed by atoms with van der Waals surface area (Å²) in [7, 11) is 1.49. The number of benzene rings is 1. The number of nitrogens with zero attached hydrogens (tertiary/aromatic N) is 3. The number of amides is 1. The highest BCUT2D eigenvalue weighted by Crippen LogP contribution is 2.28. The lowest BCUT2D eigenvalue weighted by atomic mass is 10.1. The number of carbonyl (C=O) groups excluding carboxylic acids is 1. The fraction of sp³-hybridized carbons (Fsp3) is 0.250. The van der Waals surface area contributed by atoms with Crippen LogP contribution in [0.5, 0.6) is 0 Å². The Kier molecular flexibility index (Phi) is 6.08. The number of para-hydroxylation sites is 1. The quantitative estimate of drug-likeness (QED) is 0.488. The number of pyridine rings is 1. The smallest absolute Gasteiger partial charge is 0.253 e. The van der Waals surface area contributed by atoms with E-state index in [9.17, 15) is 14.3 Å². The minimum Gasteiger partial charge on any atom is -0.390 e. The zero-order valence-corrected chi connectivity index (χ0v) is 16.5. The molecule has 2 aromatic heterocycles. The lowest BCUT2D eigenvalue weighted by molar-refractivity contribution is 0.0963. The van der Waals surface area contributed by atoms with Crippen molar-refractivity contribution in [3.8, 4) is 0 Å². The van der Waals surface area contributed by atoms with E-state index >= 15 is 0 Å². The molecule has 152 valence electrons. The van der Waals surface area contributed by atoms with Crippen LogP contribution in [0.3, 0.4) is 0 Å². The van der Waals surface area contributed by atoms with Crippen molar-refractivity contribution in [2.24, 2.45) is 0 Å². The molecule has 0 spiro atoms. The van der Waals surface area contributed by atoms with Crippen LogP contribution in [0.2, 0.25) is 0 Å². The Morgan fingerprint density at radius 3 is 2.76 bits per heavy atom. The Bertz CT molecular complexity index is 1030. The predicted molar refractivity (Wildman–Crippen MR) is 109 cm³/mol. The third-order valence-electron chi connectivity index (χ3n) is 4.40. The topological polar surface area (TPSA) is 104 Å². The second-order valence-electron chi connectivity index (χ2n) is 6.37. The predicted octanol–water partition coefficient (Wildman–Crippen LogP) is 3.08. The van der Waals surface area contributed by atoms with Gasteiger partial charge in [0.1, 0.15) is 17.5 Å². The van der Waals surface area contributed by atoms with Gasteiger partial charge in [-0.3, -0.25) is 4.79 Å². The molecule has 9 heteroatoms. The van der Waals surface area contributed by atoms with E-state index in [4.69, 9.17) is 0 Å². The summed E-state index contributed by atoms with van der Waals surface area (Å²) in [6.45, 7) is 4.22. The van der Waals surface area contributed by atoms with Gasteiger partial charge in [0, 0.05) is 37.6 Å². The third kappa shape index (κ3) is 4.35. The maximum Gasteiger partial charge on any atom is 0.253 e. The van der Waals surface area contributed by atoms with E-state index in [2.05, 4.69) is 26.0 Å². The van der Waals surface area contributed by atoms with Crippen molar-refractivity contribution in [3.63, 3.8) is 0 Å². The van der Waals surface area contributed by atoms with Gasteiger partial charge in [0.15, 0.2) is 0 Å². The first kappa shape index (κ1) is 20.3. The average Bonchev–Trinajstić information content (AvgIpc) is 3.13. The van der Waals surface area contributed by atoms with Crippen molar-refractivity contribution in [2.45, 2.75) is 27.0 Å². The molecule has 0 saturated heterocycles. The molecule has 3 aromatic rings. The van der Waals surface area contributed by atoms with E-state index in [1.54, 1.807) is 29.1 Å². The second-order valence-corrected chi connectivity index (χ2v) is 6.37. The number of aromatic nitrogens is 3.